The van der Waals surface area contributed by atoms with Crippen LogP contribution in [0.4, 0.5) is 5.82 Å². The molecule has 0 aromatic carbocycles. The Morgan fingerprint density at radius 1 is 1.35 bits per heavy atom. The van der Waals surface area contributed by atoms with E-state index < -0.39 is 18.0 Å². The maximum absolute atomic E-state index is 12.1. The second-order valence-corrected chi connectivity index (χ2v) is 6.72. The van der Waals surface area contributed by atoms with Gasteiger partial charge in [0, 0.05) is 6.20 Å². The van der Waals surface area contributed by atoms with E-state index in [1.807, 2.05) is 0 Å². The SMILES string of the molecule is Cc1nc(C)c(C(=O)O[C@H](C)C(=O)Nc2ncc(Cl)cc2Cl)s1. The van der Waals surface area contributed by atoms with Gasteiger partial charge in [0.25, 0.3) is 5.91 Å². The lowest BCUT2D eigenvalue weighted by Crippen LogP contribution is -2.30. The van der Waals surface area contributed by atoms with Crippen molar-refractivity contribution in [3.8, 4) is 0 Å². The van der Waals surface area contributed by atoms with E-state index >= 15 is 0 Å². The molecule has 0 aliphatic carbocycles. The van der Waals surface area contributed by atoms with Crippen LogP contribution >= 0.6 is 34.5 Å². The van der Waals surface area contributed by atoms with Gasteiger partial charge in [-0.15, -0.1) is 11.3 Å². The van der Waals surface area contributed by atoms with E-state index in [-0.39, 0.29) is 10.8 Å². The summed E-state index contributed by atoms with van der Waals surface area (Å²) in [6, 6.07) is 1.45. The summed E-state index contributed by atoms with van der Waals surface area (Å²) in [7, 11) is 0. The summed E-state index contributed by atoms with van der Waals surface area (Å²) < 4.78 is 5.15. The molecule has 1 N–H and O–H groups in total. The van der Waals surface area contributed by atoms with Crippen molar-refractivity contribution in [2.24, 2.45) is 0 Å². The highest BCUT2D eigenvalue weighted by Gasteiger charge is 2.23. The molecule has 122 valence electrons. The predicted molar refractivity (Wildman–Crippen MR) is 89.4 cm³/mol. The van der Waals surface area contributed by atoms with Gasteiger partial charge in [-0.1, -0.05) is 23.2 Å². The quantitative estimate of drug-likeness (QED) is 0.827. The highest BCUT2D eigenvalue weighted by Crippen LogP contribution is 2.23. The van der Waals surface area contributed by atoms with Crippen LogP contribution in [0.15, 0.2) is 12.3 Å². The Labute approximate surface area is 146 Å². The summed E-state index contributed by atoms with van der Waals surface area (Å²) in [5.41, 5.74) is 0.576. The van der Waals surface area contributed by atoms with Gasteiger partial charge >= 0.3 is 5.97 Å². The Morgan fingerprint density at radius 3 is 2.61 bits per heavy atom. The van der Waals surface area contributed by atoms with Crippen LogP contribution in [0.3, 0.4) is 0 Å². The van der Waals surface area contributed by atoms with E-state index in [9.17, 15) is 9.59 Å². The lowest BCUT2D eigenvalue weighted by molar-refractivity contribution is -0.123. The van der Waals surface area contributed by atoms with Crippen LogP contribution in [-0.2, 0) is 9.53 Å². The average Bonchev–Trinajstić information content (AvgIpc) is 2.80. The number of rotatable bonds is 4. The fourth-order valence-corrected chi connectivity index (χ4v) is 2.94. The molecule has 0 aliphatic rings. The highest BCUT2D eigenvalue weighted by atomic mass is 35.5. The number of pyridine rings is 1. The molecular formula is C14H13Cl2N3O3S. The molecule has 0 fully saturated rings. The molecule has 2 aromatic heterocycles. The number of esters is 1. The van der Waals surface area contributed by atoms with Crippen molar-refractivity contribution < 1.29 is 14.3 Å². The molecule has 9 heteroatoms. The summed E-state index contributed by atoms with van der Waals surface area (Å²) in [5.74, 6) is -0.992. The van der Waals surface area contributed by atoms with Crippen LogP contribution in [0.2, 0.25) is 10.0 Å². The molecular weight excluding hydrogens is 361 g/mol. The summed E-state index contributed by atoms with van der Waals surface area (Å²) in [4.78, 5) is 32.6. The van der Waals surface area contributed by atoms with Gasteiger partial charge in [-0.2, -0.15) is 0 Å². The third kappa shape index (κ3) is 4.40. The summed E-state index contributed by atoms with van der Waals surface area (Å²) in [6.07, 6.45) is 0.334. The van der Waals surface area contributed by atoms with E-state index in [0.717, 1.165) is 5.01 Å². The van der Waals surface area contributed by atoms with Gasteiger partial charge in [0.05, 0.1) is 20.7 Å². The van der Waals surface area contributed by atoms with Crippen molar-refractivity contribution in [3.63, 3.8) is 0 Å². The van der Waals surface area contributed by atoms with Crippen molar-refractivity contribution in [2.45, 2.75) is 26.9 Å². The number of anilines is 1. The van der Waals surface area contributed by atoms with E-state index in [1.165, 1.54) is 30.5 Å². The topological polar surface area (TPSA) is 81.2 Å². The molecule has 6 nitrogen and oxygen atoms in total. The standard InChI is InChI=1S/C14H13Cl2N3O3S/c1-6-11(23-8(3)18-6)14(21)22-7(2)13(20)19-12-10(16)4-9(15)5-17-12/h4-5,7H,1-3H3,(H,17,19,20)/t7-/m1/s1. The van der Waals surface area contributed by atoms with Gasteiger partial charge in [-0.25, -0.2) is 14.8 Å². The number of carbonyl (C=O) groups excluding carboxylic acids is 2. The molecule has 0 saturated carbocycles. The molecule has 0 radical (unpaired) electrons. The van der Waals surface area contributed by atoms with Gasteiger partial charge in [0.1, 0.15) is 4.88 Å². The monoisotopic (exact) mass is 373 g/mol. The lowest BCUT2D eigenvalue weighted by Gasteiger charge is -2.13. The van der Waals surface area contributed by atoms with Crippen molar-refractivity contribution in [2.75, 3.05) is 5.32 Å². The third-order valence-corrected chi connectivity index (χ3v) is 4.34. The normalized spacial score (nSPS) is 11.9. The number of aromatic nitrogens is 2. The van der Waals surface area contributed by atoms with Crippen molar-refractivity contribution >= 4 is 52.2 Å². The Kier molecular flexibility index (Phi) is 5.56. The molecule has 0 saturated heterocycles. The first-order valence-corrected chi connectivity index (χ1v) is 8.12. The minimum Gasteiger partial charge on any atom is -0.448 e. The number of thiazole rings is 1. The number of hydrogen-bond donors (Lipinski definition) is 1. The van der Waals surface area contributed by atoms with Crippen LogP contribution in [0.5, 0.6) is 0 Å². The molecule has 2 rings (SSSR count). The molecule has 0 spiro atoms. The van der Waals surface area contributed by atoms with E-state index in [0.29, 0.717) is 15.6 Å². The first kappa shape index (κ1) is 17.7. The summed E-state index contributed by atoms with van der Waals surface area (Å²) >= 11 is 12.9. The van der Waals surface area contributed by atoms with Crippen LogP contribution < -0.4 is 5.32 Å². The van der Waals surface area contributed by atoms with Gasteiger partial charge in [0.2, 0.25) is 0 Å². The third-order valence-electron chi connectivity index (χ3n) is 2.79. The van der Waals surface area contributed by atoms with E-state index in [4.69, 9.17) is 27.9 Å². The molecule has 2 heterocycles. The number of carbonyl (C=O) groups is 2. The Bertz CT molecular complexity index is 764. The number of nitrogens with one attached hydrogen (secondary N) is 1. The van der Waals surface area contributed by atoms with E-state index in [1.54, 1.807) is 13.8 Å². The molecule has 0 aliphatic heterocycles. The van der Waals surface area contributed by atoms with Crippen LogP contribution in [0, 0.1) is 13.8 Å². The maximum Gasteiger partial charge on any atom is 0.351 e. The second kappa shape index (κ2) is 7.25. The van der Waals surface area contributed by atoms with Crippen LogP contribution in [-0.4, -0.2) is 27.9 Å². The zero-order valence-corrected chi connectivity index (χ0v) is 14.8. The first-order chi connectivity index (χ1) is 10.8. The number of aryl methyl sites for hydroxylation is 2. The van der Waals surface area contributed by atoms with Gasteiger partial charge in [-0.05, 0) is 26.8 Å². The van der Waals surface area contributed by atoms with E-state index in [2.05, 4.69) is 15.3 Å². The van der Waals surface area contributed by atoms with Gasteiger partial charge in [0.15, 0.2) is 11.9 Å². The molecule has 23 heavy (non-hydrogen) atoms. The molecule has 1 amide bonds. The van der Waals surface area contributed by atoms with Crippen molar-refractivity contribution in [1.29, 1.82) is 0 Å². The van der Waals surface area contributed by atoms with Gasteiger partial charge in [-0.3, -0.25) is 4.79 Å². The molecule has 0 bridgehead atoms. The number of ether oxygens (including phenoxy) is 1. The Morgan fingerprint density at radius 2 is 2.04 bits per heavy atom. The first-order valence-electron chi connectivity index (χ1n) is 6.55. The fourth-order valence-electron chi connectivity index (χ4n) is 1.71. The van der Waals surface area contributed by atoms with Crippen LogP contribution in [0.25, 0.3) is 0 Å². The number of hydrogen-bond acceptors (Lipinski definition) is 6. The summed E-state index contributed by atoms with van der Waals surface area (Å²) in [6.45, 7) is 4.96. The second-order valence-electron chi connectivity index (χ2n) is 4.67. The zero-order valence-electron chi connectivity index (χ0n) is 12.5. The minimum absolute atomic E-state index is 0.147. The van der Waals surface area contributed by atoms with Gasteiger partial charge < -0.3 is 10.1 Å². The molecule has 0 unspecified atom stereocenters. The fraction of sp³-hybridized carbons (Fsp3) is 0.286. The number of amides is 1. The maximum atomic E-state index is 12.1. The molecule has 2 aromatic rings. The summed E-state index contributed by atoms with van der Waals surface area (Å²) in [5, 5.41) is 3.78. The van der Waals surface area contributed by atoms with Crippen molar-refractivity contribution in [3.05, 3.63) is 37.9 Å². The Hall–Kier alpha value is -1.70. The van der Waals surface area contributed by atoms with Crippen molar-refractivity contribution in [1.82, 2.24) is 9.97 Å². The highest BCUT2D eigenvalue weighted by molar-refractivity contribution is 7.13. The smallest absolute Gasteiger partial charge is 0.351 e. The molecule has 1 atom stereocenters. The largest absolute Gasteiger partial charge is 0.448 e. The minimum atomic E-state index is -1.02. The predicted octanol–water partition coefficient (Wildman–Crippen LogP) is 3.65. The number of nitrogens with zero attached hydrogens (tertiary/aromatic N) is 2. The van der Waals surface area contributed by atoms with Crippen LogP contribution in [0.1, 0.15) is 27.3 Å². The number of halogens is 2. The lowest BCUT2D eigenvalue weighted by atomic mass is 10.3. The Balaban J connectivity index is 2.02. The zero-order chi connectivity index (χ0) is 17.1. The average molecular weight is 374 g/mol.